The highest BCUT2D eigenvalue weighted by atomic mass is 16.5. The largest absolute Gasteiger partial charge is 0.461 e. The van der Waals surface area contributed by atoms with Crippen LogP contribution in [0.15, 0.2) is 53.1 Å². The van der Waals surface area contributed by atoms with Crippen molar-refractivity contribution in [3.63, 3.8) is 0 Å². The first-order valence-corrected chi connectivity index (χ1v) is 7.82. The molecule has 7 heteroatoms. The molecule has 0 spiro atoms. The molecule has 2 heterocycles. The third-order valence-electron chi connectivity index (χ3n) is 3.40. The summed E-state index contributed by atoms with van der Waals surface area (Å²) in [7, 11) is 0. The van der Waals surface area contributed by atoms with Crippen molar-refractivity contribution in [2.75, 3.05) is 11.9 Å². The smallest absolute Gasteiger partial charge is 0.358 e. The first kappa shape index (κ1) is 16.5. The Kier molecular flexibility index (Phi) is 4.94. The minimum Gasteiger partial charge on any atom is -0.461 e. The van der Waals surface area contributed by atoms with Crippen LogP contribution in [-0.2, 0) is 16.0 Å². The summed E-state index contributed by atoms with van der Waals surface area (Å²) < 4.78 is 10.3. The van der Waals surface area contributed by atoms with Gasteiger partial charge in [-0.3, -0.25) is 4.79 Å². The van der Waals surface area contributed by atoms with E-state index >= 15 is 0 Å². The number of aromatic nitrogens is 2. The lowest BCUT2D eigenvalue weighted by Gasteiger charge is -2.05. The summed E-state index contributed by atoms with van der Waals surface area (Å²) in [6.45, 7) is 1.92. The van der Waals surface area contributed by atoms with Gasteiger partial charge in [-0.15, -0.1) is 0 Å². The van der Waals surface area contributed by atoms with Crippen LogP contribution in [-0.4, -0.2) is 28.5 Å². The van der Waals surface area contributed by atoms with E-state index < -0.39 is 5.97 Å². The summed E-state index contributed by atoms with van der Waals surface area (Å²) in [4.78, 5) is 31.5. The molecule has 0 aliphatic rings. The van der Waals surface area contributed by atoms with Crippen LogP contribution in [0, 0.1) is 0 Å². The fourth-order valence-electron chi connectivity index (χ4n) is 2.30. The van der Waals surface area contributed by atoms with Gasteiger partial charge in [-0.1, -0.05) is 30.3 Å². The number of H-pyrrole nitrogens is 1. The van der Waals surface area contributed by atoms with Crippen LogP contribution >= 0.6 is 0 Å². The second-order valence-corrected chi connectivity index (χ2v) is 5.22. The van der Waals surface area contributed by atoms with E-state index in [2.05, 4.69) is 15.3 Å². The van der Waals surface area contributed by atoms with E-state index in [-0.39, 0.29) is 30.4 Å². The molecule has 1 amide bonds. The number of esters is 1. The van der Waals surface area contributed by atoms with E-state index in [9.17, 15) is 9.59 Å². The number of aromatic amines is 1. The van der Waals surface area contributed by atoms with E-state index in [0.29, 0.717) is 11.6 Å². The molecule has 2 N–H and O–H groups in total. The average molecular weight is 339 g/mol. The molecule has 0 saturated carbocycles. The number of imidazole rings is 1. The summed E-state index contributed by atoms with van der Waals surface area (Å²) in [5, 5.41) is 2.66. The first-order chi connectivity index (χ1) is 12.2. The molecule has 3 aromatic rings. The van der Waals surface area contributed by atoms with Gasteiger partial charge in [0, 0.05) is 0 Å². The predicted molar refractivity (Wildman–Crippen MR) is 91.0 cm³/mol. The summed E-state index contributed by atoms with van der Waals surface area (Å²) in [6, 6.07) is 12.7. The summed E-state index contributed by atoms with van der Waals surface area (Å²) in [6.07, 6.45) is 1.67. The van der Waals surface area contributed by atoms with E-state index in [4.69, 9.17) is 9.15 Å². The Hall–Kier alpha value is -3.35. The topological polar surface area (TPSA) is 97.2 Å². The van der Waals surface area contributed by atoms with Crippen molar-refractivity contribution in [2.45, 2.75) is 13.3 Å². The quantitative estimate of drug-likeness (QED) is 0.673. The third-order valence-corrected chi connectivity index (χ3v) is 3.40. The number of nitrogens with zero attached hydrogens (tertiary/aromatic N) is 1. The molecule has 7 nitrogen and oxygen atoms in total. The molecular weight excluding hydrogens is 322 g/mol. The lowest BCUT2D eigenvalue weighted by atomic mass is 10.1. The molecule has 0 bridgehead atoms. The summed E-state index contributed by atoms with van der Waals surface area (Å²) in [5.74, 6) is 0.0278. The number of hydrogen-bond acceptors (Lipinski definition) is 5. The fourth-order valence-corrected chi connectivity index (χ4v) is 2.30. The first-order valence-electron chi connectivity index (χ1n) is 7.82. The number of benzene rings is 1. The van der Waals surface area contributed by atoms with Gasteiger partial charge in [0.15, 0.2) is 23.1 Å². The van der Waals surface area contributed by atoms with Gasteiger partial charge in [0.25, 0.3) is 0 Å². The Morgan fingerprint density at radius 3 is 2.68 bits per heavy atom. The van der Waals surface area contributed by atoms with Gasteiger partial charge >= 0.3 is 5.97 Å². The van der Waals surface area contributed by atoms with Crippen molar-refractivity contribution in [1.82, 2.24) is 9.97 Å². The van der Waals surface area contributed by atoms with Gasteiger partial charge in [0.2, 0.25) is 5.91 Å². The highest BCUT2D eigenvalue weighted by Gasteiger charge is 2.21. The zero-order chi connectivity index (χ0) is 17.6. The van der Waals surface area contributed by atoms with Gasteiger partial charge < -0.3 is 19.5 Å². The van der Waals surface area contributed by atoms with Crippen molar-refractivity contribution in [3.05, 3.63) is 60.0 Å². The molecule has 0 aliphatic heterocycles. The second-order valence-electron chi connectivity index (χ2n) is 5.22. The molecule has 2 aromatic heterocycles. The number of carbonyl (C=O) groups excluding carboxylic acids is 2. The van der Waals surface area contributed by atoms with Crippen molar-refractivity contribution in [2.24, 2.45) is 0 Å². The van der Waals surface area contributed by atoms with Gasteiger partial charge in [-0.2, -0.15) is 0 Å². The maximum Gasteiger partial charge on any atom is 0.358 e. The highest BCUT2D eigenvalue weighted by Crippen LogP contribution is 2.22. The Bertz CT molecular complexity index is 854. The lowest BCUT2D eigenvalue weighted by Crippen LogP contribution is -2.17. The van der Waals surface area contributed by atoms with Gasteiger partial charge in [0.1, 0.15) is 0 Å². The number of hydrogen-bond donors (Lipinski definition) is 2. The second kappa shape index (κ2) is 7.48. The average Bonchev–Trinajstić information content (AvgIpc) is 3.25. The number of ether oxygens (including phenoxy) is 1. The monoisotopic (exact) mass is 339 g/mol. The van der Waals surface area contributed by atoms with Crippen LogP contribution in [0.5, 0.6) is 0 Å². The third kappa shape index (κ3) is 3.95. The normalized spacial score (nSPS) is 10.4. The van der Waals surface area contributed by atoms with Crippen LogP contribution < -0.4 is 5.32 Å². The number of amides is 1. The maximum atomic E-state index is 12.3. The summed E-state index contributed by atoms with van der Waals surface area (Å²) >= 11 is 0. The molecule has 0 atom stereocenters. The van der Waals surface area contributed by atoms with Crippen molar-refractivity contribution >= 4 is 17.7 Å². The van der Waals surface area contributed by atoms with E-state index in [0.717, 1.165) is 5.56 Å². The number of nitrogens with one attached hydrogen (secondary N) is 2. The number of rotatable bonds is 6. The zero-order valence-electron chi connectivity index (χ0n) is 13.6. The predicted octanol–water partition coefficient (Wildman–Crippen LogP) is 3.03. The molecular formula is C18H17N3O4. The molecule has 0 unspecified atom stereocenters. The van der Waals surface area contributed by atoms with Crippen molar-refractivity contribution < 1.29 is 18.7 Å². The molecule has 0 radical (unpaired) electrons. The fraction of sp³-hybridized carbons (Fsp3) is 0.167. The Labute approximate surface area is 144 Å². The van der Waals surface area contributed by atoms with E-state index in [1.807, 2.05) is 30.3 Å². The van der Waals surface area contributed by atoms with Crippen LogP contribution in [0.3, 0.4) is 0 Å². The Morgan fingerprint density at radius 2 is 2.00 bits per heavy atom. The molecule has 25 heavy (non-hydrogen) atoms. The minimum atomic E-state index is -0.595. The maximum absolute atomic E-state index is 12.3. The molecule has 0 fully saturated rings. The van der Waals surface area contributed by atoms with E-state index in [1.165, 1.54) is 6.26 Å². The standard InChI is InChI=1S/C18H17N3O4/c1-2-24-18(23)15-17(21-16(20-15)13-9-6-10-25-13)19-14(22)11-12-7-4-3-5-8-12/h3-10H,2,11H2,1H3,(H,19,22)(H,20,21). The molecule has 1 aromatic carbocycles. The van der Waals surface area contributed by atoms with Crippen molar-refractivity contribution in [3.8, 4) is 11.6 Å². The van der Waals surface area contributed by atoms with E-state index in [1.54, 1.807) is 19.1 Å². The number of furan rings is 1. The Balaban J connectivity index is 1.83. The van der Waals surface area contributed by atoms with Gasteiger partial charge in [0.05, 0.1) is 19.3 Å². The van der Waals surface area contributed by atoms with Crippen LogP contribution in [0.1, 0.15) is 23.0 Å². The van der Waals surface area contributed by atoms with Gasteiger partial charge in [-0.25, -0.2) is 9.78 Å². The molecule has 0 aliphatic carbocycles. The number of anilines is 1. The summed E-state index contributed by atoms with van der Waals surface area (Å²) in [5.41, 5.74) is 0.939. The molecule has 3 rings (SSSR count). The Morgan fingerprint density at radius 1 is 1.20 bits per heavy atom. The SMILES string of the molecule is CCOC(=O)c1[nH]c(-c2ccco2)nc1NC(=O)Cc1ccccc1. The van der Waals surface area contributed by atoms with Crippen LogP contribution in [0.4, 0.5) is 5.82 Å². The van der Waals surface area contributed by atoms with Gasteiger partial charge in [-0.05, 0) is 24.6 Å². The highest BCUT2D eigenvalue weighted by molar-refractivity contribution is 6.00. The van der Waals surface area contributed by atoms with Crippen LogP contribution in [0.2, 0.25) is 0 Å². The van der Waals surface area contributed by atoms with Crippen LogP contribution in [0.25, 0.3) is 11.6 Å². The molecule has 0 saturated heterocycles. The minimum absolute atomic E-state index is 0.0784. The zero-order valence-corrected chi connectivity index (χ0v) is 13.6. The molecule has 128 valence electrons. The number of carbonyl (C=O) groups is 2. The lowest BCUT2D eigenvalue weighted by molar-refractivity contribution is -0.115. The van der Waals surface area contributed by atoms with Crippen molar-refractivity contribution in [1.29, 1.82) is 0 Å².